The lowest BCUT2D eigenvalue weighted by atomic mass is 10.3. The Morgan fingerprint density at radius 1 is 1.47 bits per heavy atom. The van der Waals surface area contributed by atoms with E-state index in [1.165, 1.54) is 0 Å². The van der Waals surface area contributed by atoms with Crippen molar-refractivity contribution in [3.05, 3.63) is 0 Å². The first kappa shape index (κ1) is 13.7. The molecule has 0 bridgehead atoms. The van der Waals surface area contributed by atoms with Gasteiger partial charge in [0.25, 0.3) is 0 Å². The molecule has 0 aliphatic carbocycles. The zero-order chi connectivity index (χ0) is 11.7. The number of ether oxygens (including phenoxy) is 1. The minimum absolute atomic E-state index is 0.289. The molecule has 1 atom stereocenters. The molecule has 0 unspecified atom stereocenters. The normalized spacial score (nSPS) is 11.9. The van der Waals surface area contributed by atoms with E-state index in [2.05, 4.69) is 10.6 Å². The largest absolute Gasteiger partial charge is 0.480 e. The Morgan fingerprint density at radius 3 is 2.60 bits per heavy atom. The molecule has 0 aromatic rings. The summed E-state index contributed by atoms with van der Waals surface area (Å²) in [5.41, 5.74) is 0. The molecule has 2 amide bonds. The molecule has 88 valence electrons. The lowest BCUT2D eigenvalue weighted by molar-refractivity contribution is -0.140. The van der Waals surface area contributed by atoms with Gasteiger partial charge >= 0.3 is 12.0 Å². The van der Waals surface area contributed by atoms with Gasteiger partial charge in [-0.1, -0.05) is 0 Å². The number of hydrogen-bond acceptors (Lipinski definition) is 4. The number of carbonyl (C=O) groups is 2. The average molecular weight is 220 g/mol. The third-order valence-electron chi connectivity index (χ3n) is 1.52. The molecule has 0 aliphatic heterocycles. The van der Waals surface area contributed by atoms with Gasteiger partial charge in [-0.2, -0.15) is 0 Å². The zero-order valence-corrected chi connectivity index (χ0v) is 8.52. The van der Waals surface area contributed by atoms with Crippen molar-refractivity contribution in [3.63, 3.8) is 0 Å². The van der Waals surface area contributed by atoms with E-state index in [9.17, 15) is 9.59 Å². The molecule has 15 heavy (non-hydrogen) atoms. The Balaban J connectivity index is 3.67. The first-order chi connectivity index (χ1) is 7.11. The van der Waals surface area contributed by atoms with Crippen LogP contribution in [0.25, 0.3) is 0 Å². The minimum Gasteiger partial charge on any atom is -0.480 e. The predicted molar refractivity (Wildman–Crippen MR) is 51.5 cm³/mol. The molecule has 0 aromatic heterocycles. The second-order valence-corrected chi connectivity index (χ2v) is 2.67. The summed E-state index contributed by atoms with van der Waals surface area (Å²) < 4.78 is 4.95. The molecule has 0 spiro atoms. The van der Waals surface area contributed by atoms with Crippen LogP contribution in [0.3, 0.4) is 0 Å². The summed E-state index contributed by atoms with van der Waals surface area (Å²) >= 11 is 0. The van der Waals surface area contributed by atoms with E-state index in [1.54, 1.807) is 0 Å². The van der Waals surface area contributed by atoms with Crippen molar-refractivity contribution < 1.29 is 24.5 Å². The number of aliphatic carboxylic acids is 1. The highest BCUT2D eigenvalue weighted by molar-refractivity contribution is 5.82. The standard InChI is InChI=1S/C8H16N2O5/c1-2-15-4-3-9-8(14)10-6(5-11)7(12)13/h6,11H,2-5H2,1H3,(H,12,13)(H2,9,10,14)/t6-/m0/s1. The molecule has 4 N–H and O–H groups in total. The van der Waals surface area contributed by atoms with Crippen molar-refractivity contribution in [2.45, 2.75) is 13.0 Å². The first-order valence-electron chi connectivity index (χ1n) is 4.57. The summed E-state index contributed by atoms with van der Waals surface area (Å²) in [4.78, 5) is 21.4. The fraction of sp³-hybridized carbons (Fsp3) is 0.750. The van der Waals surface area contributed by atoms with E-state index in [4.69, 9.17) is 14.9 Å². The lowest BCUT2D eigenvalue weighted by Crippen LogP contribution is -2.48. The summed E-state index contributed by atoms with van der Waals surface area (Å²) in [6.45, 7) is 2.39. The third-order valence-corrected chi connectivity index (χ3v) is 1.52. The molecule has 0 fully saturated rings. The van der Waals surface area contributed by atoms with E-state index >= 15 is 0 Å². The minimum atomic E-state index is -1.28. The highest BCUT2D eigenvalue weighted by Gasteiger charge is 2.17. The van der Waals surface area contributed by atoms with Crippen molar-refractivity contribution in [1.29, 1.82) is 0 Å². The molecule has 0 radical (unpaired) electrons. The number of amides is 2. The maximum atomic E-state index is 11.0. The van der Waals surface area contributed by atoms with Crippen molar-refractivity contribution >= 4 is 12.0 Å². The maximum Gasteiger partial charge on any atom is 0.328 e. The van der Waals surface area contributed by atoms with Crippen molar-refractivity contribution in [3.8, 4) is 0 Å². The quantitative estimate of drug-likeness (QED) is 0.402. The number of nitrogens with one attached hydrogen (secondary N) is 2. The van der Waals surface area contributed by atoms with Gasteiger partial charge < -0.3 is 25.6 Å². The van der Waals surface area contributed by atoms with Crippen LogP contribution in [0.2, 0.25) is 0 Å². The monoisotopic (exact) mass is 220 g/mol. The molecule has 0 heterocycles. The van der Waals surface area contributed by atoms with E-state index < -0.39 is 24.6 Å². The number of aliphatic hydroxyl groups is 1. The highest BCUT2D eigenvalue weighted by atomic mass is 16.5. The Morgan fingerprint density at radius 2 is 2.13 bits per heavy atom. The van der Waals surface area contributed by atoms with Crippen LogP contribution in [0, 0.1) is 0 Å². The Kier molecular flexibility index (Phi) is 7.29. The number of carboxylic acids is 1. The fourth-order valence-electron chi connectivity index (χ4n) is 0.776. The van der Waals surface area contributed by atoms with Gasteiger partial charge in [0.15, 0.2) is 6.04 Å². The van der Waals surface area contributed by atoms with E-state index in [-0.39, 0.29) is 6.54 Å². The molecular formula is C8H16N2O5. The van der Waals surface area contributed by atoms with Crippen LogP contribution in [0.15, 0.2) is 0 Å². The number of urea groups is 1. The van der Waals surface area contributed by atoms with Gasteiger partial charge in [-0.3, -0.25) is 0 Å². The van der Waals surface area contributed by atoms with Crippen LogP contribution in [-0.4, -0.2) is 54.6 Å². The zero-order valence-electron chi connectivity index (χ0n) is 8.52. The second kappa shape index (κ2) is 8.01. The third kappa shape index (κ3) is 6.69. The van der Waals surface area contributed by atoms with Crippen molar-refractivity contribution in [2.24, 2.45) is 0 Å². The number of carboxylic acid groups (broad SMARTS) is 1. The lowest BCUT2D eigenvalue weighted by Gasteiger charge is -2.12. The van der Waals surface area contributed by atoms with Gasteiger partial charge in [-0.15, -0.1) is 0 Å². The summed E-state index contributed by atoms with van der Waals surface area (Å²) in [5, 5.41) is 21.6. The molecule has 0 aromatic carbocycles. The average Bonchev–Trinajstić information content (AvgIpc) is 2.20. The summed E-state index contributed by atoms with van der Waals surface area (Å²) in [6.07, 6.45) is 0. The van der Waals surface area contributed by atoms with Crippen molar-refractivity contribution in [1.82, 2.24) is 10.6 Å². The van der Waals surface area contributed by atoms with Gasteiger partial charge in [-0.05, 0) is 6.92 Å². The van der Waals surface area contributed by atoms with Gasteiger partial charge in [0.2, 0.25) is 0 Å². The Bertz CT molecular complexity index is 209. The molecule has 0 aliphatic rings. The predicted octanol–water partition coefficient (Wildman–Crippen LogP) is -1.23. The number of aliphatic hydroxyl groups excluding tert-OH is 1. The van der Waals surface area contributed by atoms with Crippen LogP contribution < -0.4 is 10.6 Å². The molecule has 0 rings (SSSR count). The summed E-state index contributed by atoms with van der Waals surface area (Å²) in [5.74, 6) is -1.28. The molecule has 7 heteroatoms. The molecule has 0 saturated carbocycles. The smallest absolute Gasteiger partial charge is 0.328 e. The number of rotatable bonds is 7. The fourth-order valence-corrected chi connectivity index (χ4v) is 0.776. The van der Waals surface area contributed by atoms with Gasteiger partial charge in [0, 0.05) is 13.2 Å². The van der Waals surface area contributed by atoms with Gasteiger partial charge in [0.05, 0.1) is 13.2 Å². The van der Waals surface area contributed by atoms with Crippen LogP contribution in [-0.2, 0) is 9.53 Å². The van der Waals surface area contributed by atoms with Crippen LogP contribution in [0.1, 0.15) is 6.92 Å². The van der Waals surface area contributed by atoms with Crippen LogP contribution >= 0.6 is 0 Å². The Labute approximate surface area is 87.4 Å². The maximum absolute atomic E-state index is 11.0. The van der Waals surface area contributed by atoms with Crippen molar-refractivity contribution in [2.75, 3.05) is 26.4 Å². The van der Waals surface area contributed by atoms with Gasteiger partial charge in [0.1, 0.15) is 0 Å². The number of hydrogen-bond donors (Lipinski definition) is 4. The molecule has 7 nitrogen and oxygen atoms in total. The second-order valence-electron chi connectivity index (χ2n) is 2.67. The topological polar surface area (TPSA) is 108 Å². The summed E-state index contributed by atoms with van der Waals surface area (Å²) in [7, 11) is 0. The van der Waals surface area contributed by atoms with Crippen LogP contribution in [0.5, 0.6) is 0 Å². The first-order valence-corrected chi connectivity index (χ1v) is 4.57. The van der Waals surface area contributed by atoms with Crippen LogP contribution in [0.4, 0.5) is 4.79 Å². The SMILES string of the molecule is CCOCCNC(=O)N[C@@H](CO)C(=O)O. The molecular weight excluding hydrogens is 204 g/mol. The van der Waals surface area contributed by atoms with Gasteiger partial charge in [-0.25, -0.2) is 9.59 Å². The van der Waals surface area contributed by atoms with E-state index in [0.29, 0.717) is 13.2 Å². The summed E-state index contributed by atoms with van der Waals surface area (Å²) in [6, 6.07) is -1.92. The van der Waals surface area contributed by atoms with E-state index in [0.717, 1.165) is 0 Å². The number of carbonyl (C=O) groups excluding carboxylic acids is 1. The molecule has 0 saturated heterocycles. The Hall–Kier alpha value is -1.34. The van der Waals surface area contributed by atoms with E-state index in [1.807, 2.05) is 6.92 Å². The highest BCUT2D eigenvalue weighted by Crippen LogP contribution is 1.82.